The molecule has 0 atom stereocenters. The molecule has 0 saturated carbocycles. The average Bonchev–Trinajstić information content (AvgIpc) is 3.40. The maximum atomic E-state index is 12.7. The summed E-state index contributed by atoms with van der Waals surface area (Å²) in [5, 5.41) is 9.77. The minimum Gasteiger partial charge on any atom is -0.360 e. The summed E-state index contributed by atoms with van der Waals surface area (Å²) in [6.45, 7) is 2.29. The molecular formula is C22H19N3O2S2. The van der Waals surface area contributed by atoms with E-state index in [1.807, 2.05) is 73.0 Å². The normalized spacial score (nSPS) is 10.8. The second-order valence-corrected chi connectivity index (χ2v) is 8.35. The van der Waals surface area contributed by atoms with Crippen molar-refractivity contribution in [2.45, 2.75) is 24.1 Å². The Bertz CT molecular complexity index is 1110. The molecule has 0 bridgehead atoms. The fourth-order valence-electron chi connectivity index (χ4n) is 2.80. The van der Waals surface area contributed by atoms with E-state index < -0.39 is 0 Å². The van der Waals surface area contributed by atoms with E-state index in [4.69, 9.17) is 4.52 Å². The Morgan fingerprint density at radius 1 is 1.14 bits per heavy atom. The number of hydrogen-bond acceptors (Lipinski definition) is 6. The quantitative estimate of drug-likeness (QED) is 0.409. The molecule has 0 spiro atoms. The SMILES string of the molecule is Cc1cc(CSc2ccccc2C(=O)NCc2nc(-c3ccccc3)cs2)on1. The van der Waals surface area contributed by atoms with Crippen molar-refractivity contribution >= 4 is 29.0 Å². The highest BCUT2D eigenvalue weighted by Gasteiger charge is 2.13. The monoisotopic (exact) mass is 421 g/mol. The number of rotatable bonds is 7. The minimum absolute atomic E-state index is 0.113. The zero-order valence-corrected chi connectivity index (χ0v) is 17.4. The number of carbonyl (C=O) groups excluding carboxylic acids is 1. The molecule has 29 heavy (non-hydrogen) atoms. The van der Waals surface area contributed by atoms with Gasteiger partial charge in [-0.3, -0.25) is 4.79 Å². The van der Waals surface area contributed by atoms with E-state index in [1.54, 1.807) is 23.1 Å². The van der Waals surface area contributed by atoms with Crippen LogP contribution < -0.4 is 5.32 Å². The van der Waals surface area contributed by atoms with Crippen molar-refractivity contribution in [1.29, 1.82) is 0 Å². The molecule has 146 valence electrons. The van der Waals surface area contributed by atoms with Crippen molar-refractivity contribution < 1.29 is 9.32 Å². The molecule has 0 radical (unpaired) electrons. The highest BCUT2D eigenvalue weighted by atomic mass is 32.2. The zero-order chi connectivity index (χ0) is 20.1. The lowest BCUT2D eigenvalue weighted by Crippen LogP contribution is -2.23. The highest BCUT2D eigenvalue weighted by Crippen LogP contribution is 2.27. The van der Waals surface area contributed by atoms with Gasteiger partial charge in [0, 0.05) is 21.9 Å². The van der Waals surface area contributed by atoms with Gasteiger partial charge in [-0.05, 0) is 19.1 Å². The van der Waals surface area contributed by atoms with E-state index in [9.17, 15) is 4.79 Å². The van der Waals surface area contributed by atoms with Crippen LogP contribution in [0.2, 0.25) is 0 Å². The standard InChI is InChI=1S/C22H19N3O2S2/c1-15-11-17(27-25-15)13-28-20-10-6-5-9-18(20)22(26)23-12-21-24-19(14-29-21)16-7-3-2-4-8-16/h2-11,14H,12-13H2,1H3,(H,23,26). The van der Waals surface area contributed by atoms with Crippen molar-refractivity contribution in [1.82, 2.24) is 15.5 Å². The van der Waals surface area contributed by atoms with Crippen LogP contribution in [0.3, 0.4) is 0 Å². The van der Waals surface area contributed by atoms with Crippen LogP contribution >= 0.6 is 23.1 Å². The third-order valence-corrected chi connectivity index (χ3v) is 6.14. The first kappa shape index (κ1) is 19.4. The fraction of sp³-hybridized carbons (Fsp3) is 0.136. The first-order chi connectivity index (χ1) is 14.2. The Balaban J connectivity index is 1.39. The number of nitrogens with one attached hydrogen (secondary N) is 1. The third-order valence-electron chi connectivity index (χ3n) is 4.20. The number of hydrogen-bond donors (Lipinski definition) is 1. The van der Waals surface area contributed by atoms with Gasteiger partial charge in [0.15, 0.2) is 0 Å². The lowest BCUT2D eigenvalue weighted by atomic mass is 10.2. The summed E-state index contributed by atoms with van der Waals surface area (Å²) in [7, 11) is 0. The van der Waals surface area contributed by atoms with Gasteiger partial charge in [-0.15, -0.1) is 23.1 Å². The number of thioether (sulfide) groups is 1. The number of benzene rings is 2. The number of aryl methyl sites for hydroxylation is 1. The predicted molar refractivity (Wildman–Crippen MR) is 116 cm³/mol. The number of thiazole rings is 1. The molecule has 7 heteroatoms. The maximum Gasteiger partial charge on any atom is 0.252 e. The molecule has 4 aromatic rings. The molecule has 0 aliphatic heterocycles. The van der Waals surface area contributed by atoms with Gasteiger partial charge in [-0.25, -0.2) is 4.98 Å². The van der Waals surface area contributed by atoms with Gasteiger partial charge in [0.05, 0.1) is 29.2 Å². The van der Waals surface area contributed by atoms with Crippen LogP contribution in [0.5, 0.6) is 0 Å². The van der Waals surface area contributed by atoms with Gasteiger partial charge >= 0.3 is 0 Å². The number of carbonyl (C=O) groups is 1. The van der Waals surface area contributed by atoms with Gasteiger partial charge in [0.25, 0.3) is 5.91 Å². The first-order valence-corrected chi connectivity index (χ1v) is 11.0. The van der Waals surface area contributed by atoms with Crippen LogP contribution in [0.15, 0.2) is 75.5 Å². The fourth-order valence-corrected chi connectivity index (χ4v) is 4.47. The van der Waals surface area contributed by atoms with Crippen LogP contribution in [0.4, 0.5) is 0 Å². The van der Waals surface area contributed by atoms with E-state index in [0.717, 1.165) is 32.6 Å². The van der Waals surface area contributed by atoms with E-state index in [0.29, 0.717) is 17.9 Å². The number of nitrogens with zero attached hydrogens (tertiary/aromatic N) is 2. The van der Waals surface area contributed by atoms with Crippen LogP contribution in [0.1, 0.15) is 26.8 Å². The summed E-state index contributed by atoms with van der Waals surface area (Å²) < 4.78 is 5.25. The highest BCUT2D eigenvalue weighted by molar-refractivity contribution is 7.98. The third kappa shape index (κ3) is 4.93. The smallest absolute Gasteiger partial charge is 0.252 e. The van der Waals surface area contributed by atoms with Crippen molar-refractivity contribution in [2.75, 3.05) is 0 Å². The molecule has 0 fully saturated rings. The second kappa shape index (κ2) is 9.07. The summed E-state index contributed by atoms with van der Waals surface area (Å²) in [6.07, 6.45) is 0. The van der Waals surface area contributed by atoms with Gasteiger partial charge in [0.2, 0.25) is 0 Å². The molecule has 0 aliphatic rings. The summed E-state index contributed by atoms with van der Waals surface area (Å²) in [4.78, 5) is 18.3. The second-order valence-electron chi connectivity index (χ2n) is 6.39. The van der Waals surface area contributed by atoms with Gasteiger partial charge in [0.1, 0.15) is 10.8 Å². The molecule has 2 aromatic carbocycles. The molecule has 1 amide bonds. The summed E-state index contributed by atoms with van der Waals surface area (Å²) in [5.41, 5.74) is 3.50. The average molecular weight is 422 g/mol. The molecule has 0 unspecified atom stereocenters. The van der Waals surface area contributed by atoms with Crippen LogP contribution in [0, 0.1) is 6.92 Å². The van der Waals surface area contributed by atoms with Crippen LogP contribution in [-0.4, -0.2) is 16.0 Å². The Morgan fingerprint density at radius 2 is 1.93 bits per heavy atom. The molecule has 0 aliphatic carbocycles. The zero-order valence-electron chi connectivity index (χ0n) is 15.8. The molecule has 0 saturated heterocycles. The molecular weight excluding hydrogens is 402 g/mol. The molecule has 2 aromatic heterocycles. The Labute approximate surface area is 177 Å². The van der Waals surface area contributed by atoms with E-state index in [2.05, 4.69) is 15.5 Å². The molecule has 4 rings (SSSR count). The van der Waals surface area contributed by atoms with Gasteiger partial charge in [-0.2, -0.15) is 0 Å². The largest absolute Gasteiger partial charge is 0.360 e. The summed E-state index contributed by atoms with van der Waals surface area (Å²) >= 11 is 3.10. The minimum atomic E-state index is -0.113. The van der Waals surface area contributed by atoms with Crippen molar-refractivity contribution in [3.05, 3.63) is 88.1 Å². The van der Waals surface area contributed by atoms with Gasteiger partial charge < -0.3 is 9.84 Å². The lowest BCUT2D eigenvalue weighted by molar-refractivity contribution is 0.0948. The van der Waals surface area contributed by atoms with E-state index in [1.165, 1.54) is 0 Å². The van der Waals surface area contributed by atoms with Crippen molar-refractivity contribution in [3.8, 4) is 11.3 Å². The van der Waals surface area contributed by atoms with E-state index in [-0.39, 0.29) is 5.91 Å². The van der Waals surface area contributed by atoms with Crippen molar-refractivity contribution in [2.24, 2.45) is 0 Å². The summed E-state index contributed by atoms with van der Waals surface area (Å²) in [6, 6.07) is 19.5. The Morgan fingerprint density at radius 3 is 2.72 bits per heavy atom. The number of aromatic nitrogens is 2. The Hall–Kier alpha value is -2.90. The molecule has 1 N–H and O–H groups in total. The summed E-state index contributed by atoms with van der Waals surface area (Å²) in [5.74, 6) is 1.30. The number of amides is 1. The van der Waals surface area contributed by atoms with Gasteiger partial charge in [-0.1, -0.05) is 47.6 Å². The lowest BCUT2D eigenvalue weighted by Gasteiger charge is -2.08. The molecule has 5 nitrogen and oxygen atoms in total. The van der Waals surface area contributed by atoms with E-state index >= 15 is 0 Å². The van der Waals surface area contributed by atoms with Crippen LogP contribution in [-0.2, 0) is 12.3 Å². The van der Waals surface area contributed by atoms with Crippen molar-refractivity contribution in [3.63, 3.8) is 0 Å². The van der Waals surface area contributed by atoms with Crippen LogP contribution in [0.25, 0.3) is 11.3 Å². The predicted octanol–water partition coefficient (Wildman–Crippen LogP) is 5.33. The molecule has 2 heterocycles. The topological polar surface area (TPSA) is 68.0 Å². The Kier molecular flexibility index (Phi) is 6.07. The maximum absolute atomic E-state index is 12.7. The first-order valence-electron chi connectivity index (χ1n) is 9.11.